The summed E-state index contributed by atoms with van der Waals surface area (Å²) in [4.78, 5) is 13.8. The van der Waals surface area contributed by atoms with Gasteiger partial charge in [-0.2, -0.15) is 0 Å². The topological polar surface area (TPSA) is 67.2 Å². The largest absolute Gasteiger partial charge is 0.454 e. The van der Waals surface area contributed by atoms with Crippen LogP contribution in [0.5, 0.6) is 11.5 Å². The van der Waals surface area contributed by atoms with Crippen molar-refractivity contribution < 1.29 is 9.47 Å². The Morgan fingerprint density at radius 2 is 1.97 bits per heavy atom. The molecule has 0 aliphatic carbocycles. The molecule has 0 radical (unpaired) electrons. The van der Waals surface area contributed by atoms with Gasteiger partial charge in [0.05, 0.1) is 6.54 Å². The summed E-state index contributed by atoms with van der Waals surface area (Å²) in [5.74, 6) is 4.28. The Bertz CT molecular complexity index is 870. The molecular weight excluding hydrogens is 380 g/mol. The molecule has 1 N–H and O–H groups in total. The van der Waals surface area contributed by atoms with Crippen LogP contribution in [0.15, 0.2) is 35.6 Å². The molecule has 0 atom stereocenters. The van der Waals surface area contributed by atoms with Gasteiger partial charge in [0, 0.05) is 58.7 Å². The third-order valence-electron chi connectivity index (χ3n) is 5.49. The molecule has 0 saturated carbocycles. The van der Waals surface area contributed by atoms with E-state index in [9.17, 15) is 0 Å². The zero-order chi connectivity index (χ0) is 20.9. The van der Waals surface area contributed by atoms with Gasteiger partial charge in [-0.1, -0.05) is 19.9 Å². The monoisotopic (exact) mass is 412 g/mol. The van der Waals surface area contributed by atoms with E-state index in [1.54, 1.807) is 0 Å². The second kappa shape index (κ2) is 9.38. The minimum atomic E-state index is 0.321. The molecule has 4 rings (SSSR count). The van der Waals surface area contributed by atoms with Crippen LogP contribution in [-0.2, 0) is 19.6 Å². The molecule has 30 heavy (non-hydrogen) atoms. The van der Waals surface area contributed by atoms with Crippen LogP contribution < -0.4 is 14.8 Å². The minimum absolute atomic E-state index is 0.321. The van der Waals surface area contributed by atoms with Gasteiger partial charge in [0.15, 0.2) is 17.5 Å². The fraction of sp³-hybridized carbons (Fsp3) is 0.545. The van der Waals surface area contributed by atoms with Crippen LogP contribution in [0.4, 0.5) is 0 Å². The summed E-state index contributed by atoms with van der Waals surface area (Å²) in [5, 5.41) is 3.49. The highest BCUT2D eigenvalue weighted by Crippen LogP contribution is 2.32. The molecule has 2 aliphatic rings. The van der Waals surface area contributed by atoms with E-state index in [-0.39, 0.29) is 0 Å². The van der Waals surface area contributed by atoms with E-state index in [2.05, 4.69) is 61.8 Å². The quantitative estimate of drug-likeness (QED) is 0.579. The molecule has 0 bridgehead atoms. The third-order valence-corrected chi connectivity index (χ3v) is 5.49. The number of nitrogens with one attached hydrogen (secondary N) is 1. The van der Waals surface area contributed by atoms with Crippen LogP contribution in [0.3, 0.4) is 0 Å². The molecule has 2 aromatic rings. The third kappa shape index (κ3) is 4.87. The predicted octanol–water partition coefficient (Wildman–Crippen LogP) is 2.16. The van der Waals surface area contributed by atoms with Crippen LogP contribution in [0, 0.1) is 5.92 Å². The summed E-state index contributed by atoms with van der Waals surface area (Å²) in [6, 6.07) is 6.22. The van der Waals surface area contributed by atoms with Gasteiger partial charge < -0.3 is 24.3 Å². The van der Waals surface area contributed by atoms with Crippen molar-refractivity contribution >= 4 is 5.96 Å². The van der Waals surface area contributed by atoms with Crippen LogP contribution in [0.25, 0.3) is 0 Å². The Balaban J connectivity index is 1.27. The summed E-state index contributed by atoms with van der Waals surface area (Å²) in [7, 11) is 1.85. The first kappa shape index (κ1) is 20.5. The Hall–Kier alpha value is -2.74. The summed E-state index contributed by atoms with van der Waals surface area (Å²) in [5.41, 5.74) is 1.26. The Morgan fingerprint density at radius 1 is 1.17 bits per heavy atom. The van der Waals surface area contributed by atoms with Crippen molar-refractivity contribution in [3.8, 4) is 11.5 Å². The lowest BCUT2D eigenvalue weighted by Gasteiger charge is -2.36. The maximum Gasteiger partial charge on any atom is 0.231 e. The molecule has 1 fully saturated rings. The molecule has 8 heteroatoms. The summed E-state index contributed by atoms with van der Waals surface area (Å²) in [6.45, 7) is 11.2. The van der Waals surface area contributed by atoms with E-state index in [1.165, 1.54) is 5.56 Å². The standard InChI is InChI=1S/C22H32N6O2/c1-17(2)14-28-7-6-24-21(28)13-25-22(23-3)27-10-8-26(9-11-27)15-18-4-5-19-20(12-18)30-16-29-19/h4-7,12,17H,8-11,13-16H2,1-3H3,(H,23,25). The molecule has 2 aliphatic heterocycles. The zero-order valence-corrected chi connectivity index (χ0v) is 18.2. The number of piperazine rings is 1. The number of aromatic nitrogens is 2. The molecule has 1 saturated heterocycles. The van der Waals surface area contributed by atoms with E-state index < -0.39 is 0 Å². The molecule has 8 nitrogen and oxygen atoms in total. The number of aliphatic imine (C=N–C) groups is 1. The smallest absolute Gasteiger partial charge is 0.231 e. The van der Waals surface area contributed by atoms with Crippen molar-refractivity contribution in [1.29, 1.82) is 0 Å². The fourth-order valence-electron chi connectivity index (χ4n) is 3.97. The summed E-state index contributed by atoms with van der Waals surface area (Å²) >= 11 is 0. The van der Waals surface area contributed by atoms with Gasteiger partial charge in [0.2, 0.25) is 6.79 Å². The number of hydrogen-bond acceptors (Lipinski definition) is 5. The van der Waals surface area contributed by atoms with E-state index in [4.69, 9.17) is 9.47 Å². The van der Waals surface area contributed by atoms with E-state index in [0.717, 1.165) is 62.6 Å². The SMILES string of the molecule is CN=C(NCc1nccn1CC(C)C)N1CCN(Cc2ccc3c(c2)OCO3)CC1. The van der Waals surface area contributed by atoms with Crippen molar-refractivity contribution in [3.63, 3.8) is 0 Å². The fourth-order valence-corrected chi connectivity index (χ4v) is 3.97. The first-order chi connectivity index (χ1) is 14.6. The number of imidazole rings is 1. The second-order valence-corrected chi connectivity index (χ2v) is 8.24. The summed E-state index contributed by atoms with van der Waals surface area (Å²) in [6.07, 6.45) is 3.92. The van der Waals surface area contributed by atoms with Crippen LogP contribution >= 0.6 is 0 Å². The predicted molar refractivity (Wildman–Crippen MR) is 117 cm³/mol. The van der Waals surface area contributed by atoms with Crippen LogP contribution in [-0.4, -0.2) is 65.3 Å². The van der Waals surface area contributed by atoms with Crippen molar-refractivity contribution in [3.05, 3.63) is 42.0 Å². The Labute approximate surface area is 178 Å². The number of hydrogen-bond donors (Lipinski definition) is 1. The molecule has 0 unspecified atom stereocenters. The number of guanidine groups is 1. The lowest BCUT2D eigenvalue weighted by Crippen LogP contribution is -2.52. The van der Waals surface area contributed by atoms with Crippen molar-refractivity contribution in [2.24, 2.45) is 10.9 Å². The van der Waals surface area contributed by atoms with Gasteiger partial charge >= 0.3 is 0 Å². The van der Waals surface area contributed by atoms with E-state index in [0.29, 0.717) is 19.3 Å². The average molecular weight is 413 g/mol. The molecule has 3 heterocycles. The van der Waals surface area contributed by atoms with Crippen LogP contribution in [0.1, 0.15) is 25.2 Å². The number of nitrogens with zero attached hydrogens (tertiary/aromatic N) is 5. The number of benzene rings is 1. The highest BCUT2D eigenvalue weighted by molar-refractivity contribution is 5.79. The molecule has 162 valence electrons. The second-order valence-electron chi connectivity index (χ2n) is 8.24. The lowest BCUT2D eigenvalue weighted by atomic mass is 10.1. The number of fused-ring (bicyclic) bond motifs is 1. The number of rotatable bonds is 6. The lowest BCUT2D eigenvalue weighted by molar-refractivity contribution is 0.171. The van der Waals surface area contributed by atoms with Gasteiger partial charge in [-0.05, 0) is 23.6 Å². The molecular formula is C22H32N6O2. The van der Waals surface area contributed by atoms with Crippen LogP contribution in [0.2, 0.25) is 0 Å². The average Bonchev–Trinajstić information content (AvgIpc) is 3.38. The Kier molecular flexibility index (Phi) is 6.42. The maximum atomic E-state index is 5.50. The first-order valence-corrected chi connectivity index (χ1v) is 10.7. The zero-order valence-electron chi connectivity index (χ0n) is 18.2. The summed E-state index contributed by atoms with van der Waals surface area (Å²) < 4.78 is 13.1. The first-order valence-electron chi connectivity index (χ1n) is 10.7. The Morgan fingerprint density at radius 3 is 2.73 bits per heavy atom. The maximum absolute atomic E-state index is 5.50. The van der Waals surface area contributed by atoms with E-state index in [1.807, 2.05) is 19.3 Å². The highest BCUT2D eigenvalue weighted by atomic mass is 16.7. The molecule has 0 spiro atoms. The minimum Gasteiger partial charge on any atom is -0.454 e. The molecule has 1 aromatic heterocycles. The molecule has 1 aromatic carbocycles. The van der Waals surface area contributed by atoms with Gasteiger partial charge in [-0.25, -0.2) is 4.98 Å². The van der Waals surface area contributed by atoms with Crippen molar-refractivity contribution in [2.45, 2.75) is 33.5 Å². The van der Waals surface area contributed by atoms with Crippen molar-refractivity contribution in [2.75, 3.05) is 40.0 Å². The highest BCUT2D eigenvalue weighted by Gasteiger charge is 2.21. The van der Waals surface area contributed by atoms with Gasteiger partial charge in [-0.15, -0.1) is 0 Å². The molecule has 0 amide bonds. The van der Waals surface area contributed by atoms with Gasteiger partial charge in [-0.3, -0.25) is 9.89 Å². The number of ether oxygens (including phenoxy) is 2. The normalized spacial score (nSPS) is 17.1. The van der Waals surface area contributed by atoms with Gasteiger partial charge in [0.1, 0.15) is 5.82 Å². The van der Waals surface area contributed by atoms with Crippen molar-refractivity contribution in [1.82, 2.24) is 24.7 Å². The van der Waals surface area contributed by atoms with Gasteiger partial charge in [0.25, 0.3) is 0 Å². The van der Waals surface area contributed by atoms with E-state index >= 15 is 0 Å².